The molecule has 0 saturated heterocycles. The van der Waals surface area contributed by atoms with Gasteiger partial charge in [0, 0.05) is 28.5 Å². The van der Waals surface area contributed by atoms with Crippen molar-refractivity contribution in [3.05, 3.63) is 99.5 Å². The first kappa shape index (κ1) is 30.7. The van der Waals surface area contributed by atoms with E-state index in [4.69, 9.17) is 11.6 Å². The molecule has 0 saturated carbocycles. The number of amides is 2. The van der Waals surface area contributed by atoms with Crippen LogP contribution in [0.1, 0.15) is 31.4 Å². The predicted octanol–water partition coefficient (Wildman–Crippen LogP) is 5.42. The van der Waals surface area contributed by atoms with Crippen LogP contribution in [0.15, 0.2) is 83.3 Å². The first-order valence-corrected chi connectivity index (χ1v) is 15.6. The minimum Gasteiger partial charge on any atom is -0.352 e. The molecule has 0 heterocycles. The Morgan fingerprint density at radius 2 is 1.59 bits per heavy atom. The molecular formula is C29H33BrClN3O4S. The lowest BCUT2D eigenvalue weighted by molar-refractivity contribution is -0.140. The summed E-state index contributed by atoms with van der Waals surface area (Å²) >= 11 is 9.82. The molecule has 0 radical (unpaired) electrons. The summed E-state index contributed by atoms with van der Waals surface area (Å²) in [4.78, 5) is 29.1. The topological polar surface area (TPSA) is 86.8 Å². The van der Waals surface area contributed by atoms with E-state index in [1.54, 1.807) is 48.5 Å². The van der Waals surface area contributed by atoms with Gasteiger partial charge in [0.2, 0.25) is 21.8 Å². The summed E-state index contributed by atoms with van der Waals surface area (Å²) in [7, 11) is -3.82. The van der Waals surface area contributed by atoms with Crippen LogP contribution in [-0.2, 0) is 32.6 Å². The van der Waals surface area contributed by atoms with Crippen LogP contribution in [0.4, 0.5) is 5.69 Å². The summed E-state index contributed by atoms with van der Waals surface area (Å²) in [5.41, 5.74) is 1.86. The van der Waals surface area contributed by atoms with Gasteiger partial charge in [0.15, 0.2) is 0 Å². The normalized spacial score (nSPS) is 12.8. The first-order valence-electron chi connectivity index (χ1n) is 12.6. The van der Waals surface area contributed by atoms with Gasteiger partial charge in [-0.3, -0.25) is 13.9 Å². The van der Waals surface area contributed by atoms with Gasteiger partial charge in [-0.15, -0.1) is 0 Å². The maximum Gasteiger partial charge on any atom is 0.244 e. The van der Waals surface area contributed by atoms with E-state index in [1.807, 2.05) is 44.2 Å². The van der Waals surface area contributed by atoms with Gasteiger partial charge < -0.3 is 10.2 Å². The number of sulfonamides is 1. The van der Waals surface area contributed by atoms with Crippen molar-refractivity contribution in [1.29, 1.82) is 0 Å². The van der Waals surface area contributed by atoms with Gasteiger partial charge in [0.05, 0.1) is 11.9 Å². The number of nitrogens with one attached hydrogen (secondary N) is 1. The molecule has 0 aliphatic heterocycles. The van der Waals surface area contributed by atoms with E-state index < -0.39 is 28.5 Å². The second-order valence-electron chi connectivity index (χ2n) is 9.38. The molecule has 3 rings (SSSR count). The third-order valence-electron chi connectivity index (χ3n) is 6.36. The number of carbonyl (C=O) groups is 2. The maximum absolute atomic E-state index is 14.0. The van der Waals surface area contributed by atoms with Crippen molar-refractivity contribution in [3.8, 4) is 0 Å². The van der Waals surface area contributed by atoms with Crippen LogP contribution >= 0.6 is 27.5 Å². The Morgan fingerprint density at radius 1 is 0.974 bits per heavy atom. The highest BCUT2D eigenvalue weighted by atomic mass is 79.9. The third kappa shape index (κ3) is 8.81. The number of carbonyl (C=O) groups excluding carboxylic acids is 2. The molecule has 2 atom stereocenters. The quantitative estimate of drug-likeness (QED) is 0.288. The van der Waals surface area contributed by atoms with Crippen LogP contribution in [0, 0.1) is 0 Å². The van der Waals surface area contributed by atoms with E-state index in [1.165, 1.54) is 4.90 Å². The Labute approximate surface area is 244 Å². The fraction of sp³-hybridized carbons (Fsp3) is 0.310. The van der Waals surface area contributed by atoms with Gasteiger partial charge in [0.25, 0.3) is 0 Å². The number of anilines is 1. The average Bonchev–Trinajstić information content (AvgIpc) is 2.90. The SMILES string of the molecule is CC[C@@H](C)NC(=O)[C@@H](Cc1ccccc1)N(Cc1ccccc1Cl)C(=O)CN(c1ccc(Br)cc1)S(C)(=O)=O. The second kappa shape index (κ2) is 14.0. The fourth-order valence-corrected chi connectivity index (χ4v) is 5.34. The molecule has 0 bridgehead atoms. The van der Waals surface area contributed by atoms with Gasteiger partial charge in [-0.2, -0.15) is 0 Å². The molecule has 208 valence electrons. The number of rotatable bonds is 12. The van der Waals surface area contributed by atoms with Gasteiger partial charge in [-0.05, 0) is 54.8 Å². The zero-order chi connectivity index (χ0) is 28.6. The monoisotopic (exact) mass is 633 g/mol. The summed E-state index contributed by atoms with van der Waals surface area (Å²) in [6.07, 6.45) is 2.02. The van der Waals surface area contributed by atoms with E-state index >= 15 is 0 Å². The van der Waals surface area contributed by atoms with Crippen molar-refractivity contribution >= 4 is 55.1 Å². The van der Waals surface area contributed by atoms with Gasteiger partial charge in [-0.25, -0.2) is 8.42 Å². The largest absolute Gasteiger partial charge is 0.352 e. The number of benzene rings is 3. The minimum absolute atomic E-state index is 0.0296. The lowest BCUT2D eigenvalue weighted by atomic mass is 10.0. The number of hydrogen-bond acceptors (Lipinski definition) is 4. The lowest BCUT2D eigenvalue weighted by Crippen LogP contribution is -2.54. The molecule has 3 aromatic carbocycles. The van der Waals surface area contributed by atoms with Crippen molar-refractivity contribution in [1.82, 2.24) is 10.2 Å². The van der Waals surface area contributed by atoms with Crippen LogP contribution in [0.25, 0.3) is 0 Å². The zero-order valence-electron chi connectivity index (χ0n) is 22.2. The van der Waals surface area contributed by atoms with Crippen LogP contribution in [-0.4, -0.2) is 50.0 Å². The molecule has 0 aliphatic carbocycles. The zero-order valence-corrected chi connectivity index (χ0v) is 25.3. The predicted molar refractivity (Wildman–Crippen MR) is 160 cm³/mol. The van der Waals surface area contributed by atoms with Crippen molar-refractivity contribution in [2.75, 3.05) is 17.1 Å². The molecule has 0 fully saturated rings. The van der Waals surface area contributed by atoms with Gasteiger partial charge >= 0.3 is 0 Å². The standard InChI is InChI=1S/C29H33BrClN3O4S/c1-4-21(2)32-29(36)27(18-22-10-6-5-7-11-22)33(19-23-12-8-9-13-26(23)31)28(35)20-34(39(3,37)38)25-16-14-24(30)15-17-25/h5-17,21,27H,4,18-20H2,1-3H3,(H,32,36)/t21-,27-/m1/s1. The van der Waals surface area contributed by atoms with E-state index in [9.17, 15) is 18.0 Å². The molecule has 0 spiro atoms. The molecule has 0 aliphatic rings. The Hall–Kier alpha value is -2.88. The molecule has 1 N–H and O–H groups in total. The smallest absolute Gasteiger partial charge is 0.244 e. The fourth-order valence-electron chi connectivity index (χ4n) is 4.03. The molecule has 7 nitrogen and oxygen atoms in total. The van der Waals surface area contributed by atoms with Crippen LogP contribution in [0.3, 0.4) is 0 Å². The van der Waals surface area contributed by atoms with Gasteiger partial charge in [0.1, 0.15) is 12.6 Å². The van der Waals surface area contributed by atoms with E-state index in [0.717, 1.165) is 20.6 Å². The molecule has 0 unspecified atom stereocenters. The molecule has 3 aromatic rings. The summed E-state index contributed by atoms with van der Waals surface area (Å²) in [5, 5.41) is 3.45. The Kier molecular flexibility index (Phi) is 11.0. The number of halogens is 2. The molecule has 10 heteroatoms. The molecular weight excluding hydrogens is 602 g/mol. The third-order valence-corrected chi connectivity index (χ3v) is 8.40. The second-order valence-corrected chi connectivity index (χ2v) is 12.6. The molecule has 0 aromatic heterocycles. The molecule has 39 heavy (non-hydrogen) atoms. The van der Waals surface area contributed by atoms with E-state index in [2.05, 4.69) is 21.2 Å². The number of nitrogens with zero attached hydrogens (tertiary/aromatic N) is 2. The summed E-state index contributed by atoms with van der Waals surface area (Å²) in [6, 6.07) is 22.2. The van der Waals surface area contributed by atoms with Crippen molar-refractivity contribution in [3.63, 3.8) is 0 Å². The Balaban J connectivity index is 2.06. The highest BCUT2D eigenvalue weighted by molar-refractivity contribution is 9.10. The Bertz CT molecular complexity index is 1370. The van der Waals surface area contributed by atoms with Crippen LogP contribution in [0.5, 0.6) is 0 Å². The maximum atomic E-state index is 14.0. The van der Waals surface area contributed by atoms with Crippen molar-refractivity contribution in [2.24, 2.45) is 0 Å². The number of hydrogen-bond donors (Lipinski definition) is 1. The summed E-state index contributed by atoms with van der Waals surface area (Å²) in [5.74, 6) is -0.841. The average molecular weight is 635 g/mol. The minimum atomic E-state index is -3.82. The van der Waals surface area contributed by atoms with E-state index in [-0.39, 0.29) is 24.9 Å². The Morgan fingerprint density at radius 3 is 2.18 bits per heavy atom. The molecule has 2 amide bonds. The van der Waals surface area contributed by atoms with Crippen molar-refractivity contribution < 1.29 is 18.0 Å². The first-order chi connectivity index (χ1) is 18.5. The summed E-state index contributed by atoms with van der Waals surface area (Å²) in [6.45, 7) is 3.41. The van der Waals surface area contributed by atoms with Gasteiger partial charge in [-0.1, -0.05) is 83.0 Å². The van der Waals surface area contributed by atoms with Crippen LogP contribution in [0.2, 0.25) is 5.02 Å². The van der Waals surface area contributed by atoms with Crippen molar-refractivity contribution in [2.45, 2.75) is 45.3 Å². The lowest BCUT2D eigenvalue weighted by Gasteiger charge is -2.34. The van der Waals surface area contributed by atoms with E-state index in [0.29, 0.717) is 22.7 Å². The van der Waals surface area contributed by atoms with Crippen LogP contribution < -0.4 is 9.62 Å². The highest BCUT2D eigenvalue weighted by Crippen LogP contribution is 2.24. The highest BCUT2D eigenvalue weighted by Gasteiger charge is 2.33. The summed E-state index contributed by atoms with van der Waals surface area (Å²) < 4.78 is 27.4.